The van der Waals surface area contributed by atoms with Crippen LogP contribution in [-0.2, 0) is 11.3 Å². The molecule has 11 heavy (non-hydrogen) atoms. The summed E-state index contributed by atoms with van der Waals surface area (Å²) in [7, 11) is 0. The van der Waals surface area contributed by atoms with E-state index < -0.39 is 11.3 Å². The van der Waals surface area contributed by atoms with Crippen LogP contribution < -0.4 is 4.72 Å². The van der Waals surface area contributed by atoms with Crippen molar-refractivity contribution in [3.63, 3.8) is 0 Å². The van der Waals surface area contributed by atoms with Crippen molar-refractivity contribution >= 4 is 11.3 Å². The largest absolute Gasteiger partial charge is 0.755 e. The summed E-state index contributed by atoms with van der Waals surface area (Å²) in [6.45, 7) is 0. The maximum atomic E-state index is 9.87. The molecule has 0 aliphatic carbocycles. The summed E-state index contributed by atoms with van der Waals surface area (Å²) < 4.78 is 21.8. The lowest BCUT2D eigenvalue weighted by atomic mass is 10.2. The highest BCUT2D eigenvalue weighted by Crippen LogP contribution is 1.93. The number of hydrogen-bond acceptors (Lipinski definition) is 3. The van der Waals surface area contributed by atoms with Crippen molar-refractivity contribution in [2.24, 2.45) is 0 Å². The first-order valence-corrected chi connectivity index (χ1v) is 4.22. The summed E-state index contributed by atoms with van der Waals surface area (Å²) in [4.78, 5) is 0. The second-order valence-electron chi connectivity index (χ2n) is 1.81. The minimum atomic E-state index is -2.22. The van der Waals surface area contributed by atoms with E-state index in [2.05, 4.69) is 4.72 Å². The summed E-state index contributed by atoms with van der Waals surface area (Å²) in [5.41, 5.74) is 0. The molecule has 1 unspecified atom stereocenters. The zero-order chi connectivity index (χ0) is 8.53. The Morgan fingerprint density at radius 2 is 2.45 bits per heavy atom. The van der Waals surface area contributed by atoms with Gasteiger partial charge in [0.1, 0.15) is 0 Å². The Morgan fingerprint density at radius 1 is 1.73 bits per heavy atom. The van der Waals surface area contributed by atoms with Crippen molar-refractivity contribution < 1.29 is 8.76 Å². The average Bonchev–Trinajstić information content (AvgIpc) is 1.96. The number of nitriles is 1. The molecule has 0 saturated heterocycles. The highest BCUT2D eigenvalue weighted by atomic mass is 32.2. The molecule has 0 aromatic carbocycles. The van der Waals surface area contributed by atoms with Crippen LogP contribution in [0.5, 0.6) is 0 Å². The Labute approximate surface area is 68.3 Å². The standard InChI is InChI=1S/C6H10N2O2S/c7-5-3-1-2-4-6-8-11(9)10/h4,6,8H,1-3H2,(H,9,10)/p-1. The van der Waals surface area contributed by atoms with Gasteiger partial charge in [0.25, 0.3) is 0 Å². The summed E-state index contributed by atoms with van der Waals surface area (Å²) in [5, 5.41) is 8.12. The summed E-state index contributed by atoms with van der Waals surface area (Å²) in [5.74, 6) is 0. The van der Waals surface area contributed by atoms with E-state index >= 15 is 0 Å². The lowest BCUT2D eigenvalue weighted by molar-refractivity contribution is 0.531. The number of rotatable bonds is 5. The summed E-state index contributed by atoms with van der Waals surface area (Å²) in [6.07, 6.45) is 5.01. The normalized spacial score (nSPS) is 12.7. The van der Waals surface area contributed by atoms with E-state index in [0.717, 1.165) is 12.8 Å². The molecule has 4 nitrogen and oxygen atoms in total. The summed E-state index contributed by atoms with van der Waals surface area (Å²) in [6, 6.07) is 1.99. The van der Waals surface area contributed by atoms with Crippen molar-refractivity contribution in [2.45, 2.75) is 19.3 Å². The quantitative estimate of drug-likeness (QED) is 0.488. The summed E-state index contributed by atoms with van der Waals surface area (Å²) >= 11 is -2.22. The van der Waals surface area contributed by atoms with E-state index in [4.69, 9.17) is 5.26 Å². The number of allylic oxidation sites excluding steroid dienone is 1. The fraction of sp³-hybridized carbons (Fsp3) is 0.500. The van der Waals surface area contributed by atoms with Gasteiger partial charge in [-0.3, -0.25) is 4.21 Å². The Hall–Kier alpha value is -0.860. The van der Waals surface area contributed by atoms with Crippen LogP contribution in [0.2, 0.25) is 0 Å². The molecule has 0 bridgehead atoms. The van der Waals surface area contributed by atoms with Gasteiger partial charge in [-0.05, 0) is 12.8 Å². The second kappa shape index (κ2) is 7.25. The fourth-order valence-corrected chi connectivity index (χ4v) is 0.693. The van der Waals surface area contributed by atoms with Crippen molar-refractivity contribution in [2.75, 3.05) is 0 Å². The maximum absolute atomic E-state index is 9.87. The minimum absolute atomic E-state index is 0.505. The van der Waals surface area contributed by atoms with Gasteiger partial charge in [0, 0.05) is 23.9 Å². The van der Waals surface area contributed by atoms with Crippen molar-refractivity contribution in [1.82, 2.24) is 4.72 Å². The third-order valence-corrected chi connectivity index (χ3v) is 1.27. The lowest BCUT2D eigenvalue weighted by Gasteiger charge is -2.00. The van der Waals surface area contributed by atoms with Crippen LogP contribution in [0, 0.1) is 11.3 Å². The zero-order valence-electron chi connectivity index (χ0n) is 5.95. The molecule has 0 heterocycles. The molecule has 0 aliphatic rings. The van der Waals surface area contributed by atoms with Gasteiger partial charge in [0.05, 0.1) is 6.07 Å². The highest BCUT2D eigenvalue weighted by Gasteiger charge is 1.80. The molecule has 0 amide bonds. The van der Waals surface area contributed by atoms with Crippen molar-refractivity contribution in [1.29, 1.82) is 5.26 Å². The Kier molecular flexibility index (Phi) is 6.68. The van der Waals surface area contributed by atoms with Gasteiger partial charge in [-0.2, -0.15) is 5.26 Å². The SMILES string of the molecule is N#CCCCC=CNS(=O)[O-]. The van der Waals surface area contributed by atoms with Gasteiger partial charge in [-0.1, -0.05) is 6.08 Å². The van der Waals surface area contributed by atoms with Crippen molar-refractivity contribution in [3.05, 3.63) is 12.3 Å². The molecule has 0 aromatic rings. The molecular formula is C6H9N2O2S-. The Balaban J connectivity index is 3.18. The molecule has 1 N–H and O–H groups in total. The Morgan fingerprint density at radius 3 is 3.00 bits per heavy atom. The first-order chi connectivity index (χ1) is 5.27. The molecule has 62 valence electrons. The van der Waals surface area contributed by atoms with Crippen LogP contribution in [0.3, 0.4) is 0 Å². The second-order valence-corrected chi connectivity index (χ2v) is 2.51. The van der Waals surface area contributed by atoms with Gasteiger partial charge in [-0.25, -0.2) is 0 Å². The average molecular weight is 173 g/mol. The third kappa shape index (κ3) is 9.14. The van der Waals surface area contributed by atoms with Gasteiger partial charge in [0.2, 0.25) is 0 Å². The lowest BCUT2D eigenvalue weighted by Crippen LogP contribution is -2.07. The van der Waals surface area contributed by atoms with Gasteiger partial charge in [0.15, 0.2) is 0 Å². The van der Waals surface area contributed by atoms with Crippen LogP contribution in [0.15, 0.2) is 12.3 Å². The van der Waals surface area contributed by atoms with E-state index in [1.165, 1.54) is 6.20 Å². The monoisotopic (exact) mass is 173 g/mol. The molecular weight excluding hydrogens is 164 g/mol. The van der Waals surface area contributed by atoms with E-state index in [0.29, 0.717) is 6.42 Å². The number of nitrogens with one attached hydrogen (secondary N) is 1. The molecule has 0 aromatic heterocycles. The number of nitrogens with zero attached hydrogens (tertiary/aromatic N) is 1. The highest BCUT2D eigenvalue weighted by molar-refractivity contribution is 7.77. The van der Waals surface area contributed by atoms with E-state index in [-0.39, 0.29) is 0 Å². The predicted octanol–water partition coefficient (Wildman–Crippen LogP) is 0.578. The van der Waals surface area contributed by atoms with Crippen molar-refractivity contribution in [3.8, 4) is 6.07 Å². The molecule has 0 spiro atoms. The fourth-order valence-electron chi connectivity index (χ4n) is 0.486. The number of unbranched alkanes of at least 4 members (excludes halogenated alkanes) is 2. The van der Waals surface area contributed by atoms with Crippen LogP contribution in [0.4, 0.5) is 0 Å². The molecule has 0 rings (SSSR count). The van der Waals surface area contributed by atoms with Crippen LogP contribution in [-0.4, -0.2) is 8.76 Å². The topological polar surface area (TPSA) is 76.0 Å². The first kappa shape index (κ1) is 10.1. The Bertz CT molecular complexity index is 186. The van der Waals surface area contributed by atoms with Gasteiger partial charge < -0.3 is 9.27 Å². The van der Waals surface area contributed by atoms with E-state index in [9.17, 15) is 8.76 Å². The smallest absolute Gasteiger partial charge is 0.0621 e. The van der Waals surface area contributed by atoms with E-state index in [1.807, 2.05) is 6.07 Å². The van der Waals surface area contributed by atoms with Crippen LogP contribution >= 0.6 is 0 Å². The minimum Gasteiger partial charge on any atom is -0.755 e. The maximum Gasteiger partial charge on any atom is 0.0621 e. The molecule has 0 saturated carbocycles. The molecule has 5 heteroatoms. The number of hydrogen-bond donors (Lipinski definition) is 1. The van der Waals surface area contributed by atoms with Crippen LogP contribution in [0.1, 0.15) is 19.3 Å². The van der Waals surface area contributed by atoms with Crippen LogP contribution in [0.25, 0.3) is 0 Å². The molecule has 0 aliphatic heterocycles. The molecule has 0 fully saturated rings. The molecule has 0 radical (unpaired) electrons. The predicted molar refractivity (Wildman–Crippen MR) is 40.7 cm³/mol. The van der Waals surface area contributed by atoms with Gasteiger partial charge >= 0.3 is 0 Å². The molecule has 1 atom stereocenters. The zero-order valence-corrected chi connectivity index (χ0v) is 6.76. The van der Waals surface area contributed by atoms with E-state index in [1.54, 1.807) is 6.08 Å². The first-order valence-electron chi connectivity index (χ1n) is 3.14. The van der Waals surface area contributed by atoms with Gasteiger partial charge in [-0.15, -0.1) is 0 Å². The third-order valence-electron chi connectivity index (χ3n) is 0.941.